The van der Waals surface area contributed by atoms with E-state index < -0.39 is 0 Å². The number of pyridine rings is 1. The van der Waals surface area contributed by atoms with Crippen LogP contribution in [-0.2, 0) is 0 Å². The molecular formula is C24H32N2S. The Bertz CT molecular complexity index is 774. The Morgan fingerprint density at radius 2 is 1.15 bits per heavy atom. The number of rotatable bonds is 0. The minimum absolute atomic E-state index is 0.833. The number of hydrogen-bond donors (Lipinski definition) is 0. The maximum Gasteiger partial charge on any atom is 0.0812 e. The number of aromatic nitrogens is 2. The molecule has 0 fully saturated rings. The molecule has 2 aromatic carbocycles. The molecule has 2 aromatic heterocycles. The van der Waals surface area contributed by atoms with E-state index in [1.165, 1.54) is 10.1 Å². The lowest BCUT2D eigenvalue weighted by Gasteiger charge is -1.91. The van der Waals surface area contributed by atoms with Crippen LogP contribution in [0.2, 0.25) is 0 Å². The first-order chi connectivity index (χ1) is 12.9. The van der Waals surface area contributed by atoms with Gasteiger partial charge in [0.05, 0.1) is 21.2 Å². The van der Waals surface area contributed by atoms with Gasteiger partial charge in [-0.2, -0.15) is 0 Å². The molecule has 0 bridgehead atoms. The average Bonchev–Trinajstić information content (AvgIpc) is 3.10. The van der Waals surface area contributed by atoms with E-state index in [0.29, 0.717) is 0 Å². The summed E-state index contributed by atoms with van der Waals surface area (Å²) in [5, 5.41) is 1.20. The van der Waals surface area contributed by atoms with Crippen molar-refractivity contribution in [2.24, 2.45) is 11.8 Å². The fourth-order valence-electron chi connectivity index (χ4n) is 1.82. The van der Waals surface area contributed by atoms with E-state index in [4.69, 9.17) is 0 Å². The van der Waals surface area contributed by atoms with Gasteiger partial charge in [0.15, 0.2) is 0 Å². The zero-order valence-electron chi connectivity index (χ0n) is 17.4. The topological polar surface area (TPSA) is 25.8 Å². The molecule has 0 aliphatic heterocycles. The maximum absolute atomic E-state index is 4.18. The predicted molar refractivity (Wildman–Crippen MR) is 122 cm³/mol. The highest BCUT2D eigenvalue weighted by Crippen LogP contribution is 2.15. The molecule has 0 saturated carbocycles. The lowest BCUT2D eigenvalue weighted by molar-refractivity contribution is 0.736. The highest BCUT2D eigenvalue weighted by Gasteiger charge is 1.89. The maximum atomic E-state index is 4.18. The predicted octanol–water partition coefficient (Wildman–Crippen LogP) is 7.86. The van der Waals surface area contributed by atoms with Gasteiger partial charge in [-0.3, -0.25) is 4.98 Å². The van der Waals surface area contributed by atoms with E-state index >= 15 is 0 Å². The fraction of sp³-hybridized carbons (Fsp3) is 0.333. The van der Waals surface area contributed by atoms with Crippen molar-refractivity contribution in [2.45, 2.75) is 41.5 Å². The molecule has 2 nitrogen and oxygen atoms in total. The van der Waals surface area contributed by atoms with Crippen LogP contribution in [0.15, 0.2) is 72.4 Å². The van der Waals surface area contributed by atoms with Gasteiger partial charge in [-0.05, 0) is 36.1 Å². The largest absolute Gasteiger partial charge is 0.256 e. The Kier molecular flexibility index (Phi) is 11.0. The van der Waals surface area contributed by atoms with Crippen molar-refractivity contribution >= 4 is 32.5 Å². The minimum atomic E-state index is 0.833. The second-order valence-electron chi connectivity index (χ2n) is 7.48. The minimum Gasteiger partial charge on any atom is -0.256 e. The normalized spacial score (nSPS) is 9.78. The molecule has 0 amide bonds. The molecule has 144 valence electrons. The quantitative estimate of drug-likeness (QED) is 0.310. The number of fused-ring (bicyclic) bond motifs is 2. The standard InChI is InChI=1S/C9H7N.C7H5NS.2C4H10/c1-2-6-9-8(4-1)5-3-7-10-9;1-2-4-7-6(3-1)8-5-9-7;2*1-4(2)3/h1-7H;1-5H;2*4H,1-3H3. The van der Waals surface area contributed by atoms with Crippen LogP contribution in [0, 0.1) is 11.8 Å². The Labute approximate surface area is 168 Å². The average molecular weight is 381 g/mol. The first kappa shape index (κ1) is 22.8. The summed E-state index contributed by atoms with van der Waals surface area (Å²) in [5.41, 5.74) is 4.03. The van der Waals surface area contributed by atoms with E-state index in [2.05, 4.69) is 69.7 Å². The van der Waals surface area contributed by atoms with Crippen molar-refractivity contribution in [3.63, 3.8) is 0 Å². The van der Waals surface area contributed by atoms with Crippen molar-refractivity contribution in [1.82, 2.24) is 9.97 Å². The molecule has 0 N–H and O–H groups in total. The zero-order chi connectivity index (χ0) is 20.1. The molecule has 4 rings (SSSR count). The third-order valence-electron chi connectivity index (χ3n) is 2.75. The van der Waals surface area contributed by atoms with E-state index in [-0.39, 0.29) is 0 Å². The highest BCUT2D eigenvalue weighted by atomic mass is 32.1. The third-order valence-corrected chi connectivity index (χ3v) is 3.56. The van der Waals surface area contributed by atoms with Crippen molar-refractivity contribution in [3.05, 3.63) is 72.4 Å². The third kappa shape index (κ3) is 10.5. The summed E-state index contributed by atoms with van der Waals surface area (Å²) < 4.78 is 1.26. The summed E-state index contributed by atoms with van der Waals surface area (Å²) in [6, 6.07) is 20.2. The number of thiazole rings is 1. The van der Waals surface area contributed by atoms with Crippen LogP contribution in [0.1, 0.15) is 41.5 Å². The van der Waals surface area contributed by atoms with Gasteiger partial charge in [-0.15, -0.1) is 11.3 Å². The zero-order valence-corrected chi connectivity index (χ0v) is 18.2. The van der Waals surface area contributed by atoms with Crippen LogP contribution in [0.25, 0.3) is 21.1 Å². The molecule has 0 spiro atoms. The van der Waals surface area contributed by atoms with Gasteiger partial charge in [0.2, 0.25) is 0 Å². The Balaban J connectivity index is 0.000000198. The van der Waals surface area contributed by atoms with Crippen LogP contribution in [0.4, 0.5) is 0 Å². The van der Waals surface area contributed by atoms with Crippen molar-refractivity contribution < 1.29 is 0 Å². The monoisotopic (exact) mass is 380 g/mol. The van der Waals surface area contributed by atoms with Gasteiger partial charge in [0.25, 0.3) is 0 Å². The van der Waals surface area contributed by atoms with Crippen molar-refractivity contribution in [1.29, 1.82) is 0 Å². The fourth-order valence-corrected chi connectivity index (χ4v) is 2.50. The molecule has 3 heteroatoms. The molecule has 4 aromatic rings. The smallest absolute Gasteiger partial charge is 0.0812 e. The molecule has 0 aliphatic rings. The molecule has 0 unspecified atom stereocenters. The van der Waals surface area contributed by atoms with Gasteiger partial charge in [0, 0.05) is 11.6 Å². The van der Waals surface area contributed by atoms with Crippen LogP contribution >= 0.6 is 11.3 Å². The van der Waals surface area contributed by atoms with E-state index in [9.17, 15) is 0 Å². The van der Waals surface area contributed by atoms with Crippen LogP contribution in [0.5, 0.6) is 0 Å². The summed E-state index contributed by atoms with van der Waals surface area (Å²) in [6.45, 7) is 13.0. The Morgan fingerprint density at radius 3 is 1.74 bits per heavy atom. The molecular weight excluding hydrogens is 348 g/mol. The molecule has 0 atom stereocenters. The van der Waals surface area contributed by atoms with Crippen molar-refractivity contribution in [2.75, 3.05) is 0 Å². The number of hydrogen-bond acceptors (Lipinski definition) is 3. The second kappa shape index (κ2) is 13.0. The van der Waals surface area contributed by atoms with Crippen LogP contribution in [-0.4, -0.2) is 9.97 Å². The van der Waals surface area contributed by atoms with Gasteiger partial charge in [-0.25, -0.2) is 4.98 Å². The summed E-state index contributed by atoms with van der Waals surface area (Å²) >= 11 is 1.68. The Hall–Kier alpha value is -2.26. The first-order valence-corrected chi connectivity index (χ1v) is 10.4. The lowest BCUT2D eigenvalue weighted by Crippen LogP contribution is -1.73. The number of nitrogens with zero attached hydrogens (tertiary/aromatic N) is 2. The second-order valence-corrected chi connectivity index (χ2v) is 8.37. The SMILES string of the molecule is CC(C)C.CC(C)C.c1ccc2ncccc2c1.c1ccc2scnc2c1. The van der Waals surface area contributed by atoms with E-state index in [1.807, 2.05) is 54.2 Å². The van der Waals surface area contributed by atoms with Gasteiger partial charge < -0.3 is 0 Å². The summed E-state index contributed by atoms with van der Waals surface area (Å²) in [4.78, 5) is 8.32. The molecule has 2 heterocycles. The summed E-state index contributed by atoms with van der Waals surface area (Å²) in [5.74, 6) is 1.67. The van der Waals surface area contributed by atoms with E-state index in [0.717, 1.165) is 22.9 Å². The van der Waals surface area contributed by atoms with Crippen LogP contribution in [0.3, 0.4) is 0 Å². The molecule has 0 saturated heterocycles. The molecule has 27 heavy (non-hydrogen) atoms. The van der Waals surface area contributed by atoms with Crippen LogP contribution < -0.4 is 0 Å². The van der Waals surface area contributed by atoms with Gasteiger partial charge >= 0.3 is 0 Å². The first-order valence-electron chi connectivity index (χ1n) is 9.48. The highest BCUT2D eigenvalue weighted by molar-refractivity contribution is 7.16. The number of para-hydroxylation sites is 2. The van der Waals surface area contributed by atoms with Gasteiger partial charge in [-0.1, -0.05) is 77.9 Å². The lowest BCUT2D eigenvalue weighted by atomic mass is 10.2. The van der Waals surface area contributed by atoms with Crippen molar-refractivity contribution in [3.8, 4) is 0 Å². The Morgan fingerprint density at radius 1 is 0.630 bits per heavy atom. The van der Waals surface area contributed by atoms with Gasteiger partial charge in [0.1, 0.15) is 0 Å². The van der Waals surface area contributed by atoms with E-state index in [1.54, 1.807) is 11.3 Å². The summed E-state index contributed by atoms with van der Waals surface area (Å²) in [6.07, 6.45) is 1.81. The number of benzene rings is 2. The molecule has 0 aliphatic carbocycles. The summed E-state index contributed by atoms with van der Waals surface area (Å²) in [7, 11) is 0. The molecule has 0 radical (unpaired) electrons.